The Labute approximate surface area is 103 Å². The summed E-state index contributed by atoms with van der Waals surface area (Å²) in [5.74, 6) is 0. The molecule has 88 valence electrons. The van der Waals surface area contributed by atoms with Crippen LogP contribution in [0.25, 0.3) is 0 Å². The Hall–Kier alpha value is -0.530. The molecule has 1 nitrogen and oxygen atoms in total. The van der Waals surface area contributed by atoms with Crippen LogP contribution in [0.2, 0.25) is 5.02 Å². The zero-order chi connectivity index (χ0) is 11.6. The molecule has 0 amide bonds. The zero-order valence-electron chi connectivity index (χ0n) is 9.93. The number of aryl methyl sites for hydroxylation is 1. The third kappa shape index (κ3) is 1.99. The maximum absolute atomic E-state index is 6.38. The third-order valence-electron chi connectivity index (χ3n) is 3.95. The van der Waals surface area contributed by atoms with Crippen LogP contribution in [0.3, 0.4) is 0 Å². The van der Waals surface area contributed by atoms with Gasteiger partial charge < -0.3 is 5.73 Å². The second-order valence-electron chi connectivity index (χ2n) is 4.98. The van der Waals surface area contributed by atoms with Gasteiger partial charge in [-0.25, -0.2) is 0 Å². The van der Waals surface area contributed by atoms with Gasteiger partial charge in [-0.2, -0.15) is 0 Å². The largest absolute Gasteiger partial charge is 0.330 e. The van der Waals surface area contributed by atoms with E-state index in [-0.39, 0.29) is 5.41 Å². The van der Waals surface area contributed by atoms with Crippen molar-refractivity contribution in [2.75, 3.05) is 6.54 Å². The molecular formula is C14H20ClN. The molecule has 0 heterocycles. The number of hydrogen-bond acceptors (Lipinski definition) is 1. The van der Waals surface area contributed by atoms with E-state index in [1.54, 1.807) is 0 Å². The third-order valence-corrected chi connectivity index (χ3v) is 4.27. The summed E-state index contributed by atoms with van der Waals surface area (Å²) < 4.78 is 0. The van der Waals surface area contributed by atoms with E-state index in [0.717, 1.165) is 11.6 Å². The lowest BCUT2D eigenvalue weighted by atomic mass is 9.68. The number of nitrogens with two attached hydrogens (primary N) is 1. The van der Waals surface area contributed by atoms with E-state index < -0.39 is 0 Å². The molecule has 1 aliphatic carbocycles. The van der Waals surface area contributed by atoms with Crippen LogP contribution in [0.5, 0.6) is 0 Å². The van der Waals surface area contributed by atoms with Crippen molar-refractivity contribution in [3.8, 4) is 0 Å². The first-order valence-corrected chi connectivity index (χ1v) is 6.53. The molecule has 0 bridgehead atoms. The summed E-state index contributed by atoms with van der Waals surface area (Å²) in [4.78, 5) is 0. The average Bonchev–Trinajstić information content (AvgIpc) is 2.30. The first-order valence-electron chi connectivity index (χ1n) is 6.15. The van der Waals surface area contributed by atoms with Crippen LogP contribution in [-0.4, -0.2) is 6.54 Å². The van der Waals surface area contributed by atoms with Crippen LogP contribution >= 0.6 is 11.6 Å². The van der Waals surface area contributed by atoms with Crippen molar-refractivity contribution in [1.29, 1.82) is 0 Å². The molecule has 2 heteroatoms. The second kappa shape index (κ2) is 4.77. The van der Waals surface area contributed by atoms with Gasteiger partial charge in [0, 0.05) is 17.0 Å². The van der Waals surface area contributed by atoms with Gasteiger partial charge in [0.15, 0.2) is 0 Å². The smallest absolute Gasteiger partial charge is 0.0446 e. The molecule has 0 atom stereocenters. The maximum Gasteiger partial charge on any atom is 0.0446 e. The predicted octanol–water partition coefficient (Wildman–Crippen LogP) is 3.81. The summed E-state index contributed by atoms with van der Waals surface area (Å²) in [6.07, 6.45) is 6.27. The molecule has 2 N–H and O–H groups in total. The molecule has 0 radical (unpaired) electrons. The highest BCUT2D eigenvalue weighted by molar-refractivity contribution is 6.31. The Morgan fingerprint density at radius 1 is 1.25 bits per heavy atom. The van der Waals surface area contributed by atoms with Crippen molar-refractivity contribution in [3.63, 3.8) is 0 Å². The molecule has 0 aliphatic heterocycles. The van der Waals surface area contributed by atoms with Gasteiger partial charge in [0.2, 0.25) is 0 Å². The standard InChI is InChI=1S/C14H20ClN/c1-11-6-5-7-12(15)13(11)14(10-16)8-3-2-4-9-14/h5-7H,2-4,8-10,16H2,1H3. The summed E-state index contributed by atoms with van der Waals surface area (Å²) in [6.45, 7) is 2.87. The molecule has 16 heavy (non-hydrogen) atoms. The van der Waals surface area contributed by atoms with E-state index in [1.807, 2.05) is 12.1 Å². The van der Waals surface area contributed by atoms with Crippen LogP contribution in [0.1, 0.15) is 43.2 Å². The quantitative estimate of drug-likeness (QED) is 0.832. The lowest BCUT2D eigenvalue weighted by Gasteiger charge is -2.38. The zero-order valence-corrected chi connectivity index (χ0v) is 10.7. The average molecular weight is 238 g/mol. The van der Waals surface area contributed by atoms with Crippen LogP contribution < -0.4 is 5.73 Å². The van der Waals surface area contributed by atoms with Gasteiger partial charge in [0.25, 0.3) is 0 Å². The summed E-state index contributed by atoms with van der Waals surface area (Å²) in [6, 6.07) is 6.16. The highest BCUT2D eigenvalue weighted by Crippen LogP contribution is 2.42. The van der Waals surface area contributed by atoms with Crippen LogP contribution in [0, 0.1) is 6.92 Å². The van der Waals surface area contributed by atoms with E-state index in [2.05, 4.69) is 13.0 Å². The van der Waals surface area contributed by atoms with Crippen LogP contribution in [-0.2, 0) is 5.41 Å². The molecule has 1 fully saturated rings. The lowest BCUT2D eigenvalue weighted by molar-refractivity contribution is 0.300. The van der Waals surface area contributed by atoms with Gasteiger partial charge >= 0.3 is 0 Å². The van der Waals surface area contributed by atoms with Crippen molar-refractivity contribution >= 4 is 11.6 Å². The van der Waals surface area contributed by atoms with Crippen molar-refractivity contribution in [2.24, 2.45) is 5.73 Å². The molecule has 0 unspecified atom stereocenters. The second-order valence-corrected chi connectivity index (χ2v) is 5.38. The van der Waals surface area contributed by atoms with E-state index in [4.69, 9.17) is 17.3 Å². The van der Waals surface area contributed by atoms with E-state index in [9.17, 15) is 0 Å². The van der Waals surface area contributed by atoms with Gasteiger partial charge in [0.1, 0.15) is 0 Å². The van der Waals surface area contributed by atoms with E-state index in [1.165, 1.54) is 43.2 Å². The fourth-order valence-corrected chi connectivity index (χ4v) is 3.51. The number of benzene rings is 1. The first-order chi connectivity index (χ1) is 7.69. The van der Waals surface area contributed by atoms with E-state index >= 15 is 0 Å². The Kier molecular flexibility index (Phi) is 3.56. The molecule has 1 aliphatic rings. The minimum atomic E-state index is 0.140. The molecule has 1 saturated carbocycles. The topological polar surface area (TPSA) is 26.0 Å². The summed E-state index contributed by atoms with van der Waals surface area (Å²) in [5.41, 5.74) is 8.78. The number of hydrogen-bond donors (Lipinski definition) is 1. The maximum atomic E-state index is 6.38. The Bertz CT molecular complexity index is 347. The molecule has 0 saturated heterocycles. The van der Waals surface area contributed by atoms with Gasteiger partial charge in [0.05, 0.1) is 0 Å². The van der Waals surface area contributed by atoms with Crippen molar-refractivity contribution in [1.82, 2.24) is 0 Å². The Balaban J connectivity index is 2.46. The van der Waals surface area contributed by atoms with Crippen LogP contribution in [0.15, 0.2) is 18.2 Å². The highest BCUT2D eigenvalue weighted by Gasteiger charge is 2.35. The monoisotopic (exact) mass is 237 g/mol. The fourth-order valence-electron chi connectivity index (χ4n) is 3.09. The Morgan fingerprint density at radius 3 is 2.50 bits per heavy atom. The SMILES string of the molecule is Cc1cccc(Cl)c1C1(CN)CCCCC1. The summed E-state index contributed by atoms with van der Waals surface area (Å²) in [7, 11) is 0. The molecule has 2 rings (SSSR count). The van der Waals surface area contributed by atoms with Crippen LogP contribution in [0.4, 0.5) is 0 Å². The van der Waals surface area contributed by atoms with Gasteiger partial charge in [-0.3, -0.25) is 0 Å². The number of halogens is 1. The van der Waals surface area contributed by atoms with Gasteiger partial charge in [-0.15, -0.1) is 0 Å². The molecule has 0 spiro atoms. The number of rotatable bonds is 2. The summed E-state index contributed by atoms with van der Waals surface area (Å²) >= 11 is 6.38. The fraction of sp³-hybridized carbons (Fsp3) is 0.571. The van der Waals surface area contributed by atoms with Crippen molar-refractivity contribution in [3.05, 3.63) is 34.3 Å². The first kappa shape index (κ1) is 11.9. The molecular weight excluding hydrogens is 218 g/mol. The normalized spacial score (nSPS) is 19.7. The molecule has 1 aromatic rings. The van der Waals surface area contributed by atoms with Gasteiger partial charge in [-0.1, -0.05) is 43.0 Å². The van der Waals surface area contributed by atoms with Crippen molar-refractivity contribution < 1.29 is 0 Å². The molecule has 0 aromatic heterocycles. The minimum Gasteiger partial charge on any atom is -0.330 e. The van der Waals surface area contributed by atoms with Crippen molar-refractivity contribution in [2.45, 2.75) is 44.4 Å². The predicted molar refractivity (Wildman–Crippen MR) is 70.0 cm³/mol. The van der Waals surface area contributed by atoms with E-state index in [0.29, 0.717) is 0 Å². The minimum absolute atomic E-state index is 0.140. The molecule has 1 aromatic carbocycles. The Morgan fingerprint density at radius 2 is 1.94 bits per heavy atom. The summed E-state index contributed by atoms with van der Waals surface area (Å²) in [5, 5.41) is 0.896. The lowest BCUT2D eigenvalue weighted by Crippen LogP contribution is -2.38. The van der Waals surface area contributed by atoms with Gasteiger partial charge in [-0.05, 0) is 37.0 Å². The highest BCUT2D eigenvalue weighted by atomic mass is 35.5.